The van der Waals surface area contributed by atoms with E-state index in [9.17, 15) is 9.90 Å². The minimum atomic E-state index is -0.255. The molecule has 0 saturated carbocycles. The van der Waals surface area contributed by atoms with Gasteiger partial charge >= 0.3 is 0 Å². The van der Waals surface area contributed by atoms with Gasteiger partial charge in [-0.3, -0.25) is 10.1 Å². The van der Waals surface area contributed by atoms with E-state index in [1.54, 1.807) is 12.1 Å². The molecule has 19 heavy (non-hydrogen) atoms. The Kier molecular flexibility index (Phi) is 3.18. The van der Waals surface area contributed by atoms with Crippen LogP contribution in [0.25, 0.3) is 0 Å². The molecule has 1 aromatic carbocycles. The van der Waals surface area contributed by atoms with Crippen molar-refractivity contribution in [2.45, 2.75) is 13.0 Å². The zero-order valence-electron chi connectivity index (χ0n) is 10.1. The Labute approximate surface area is 114 Å². The molecular weight excluding hydrogens is 262 g/mol. The lowest BCUT2D eigenvalue weighted by Gasteiger charge is -2.09. The molecule has 0 radical (unpaired) electrons. The van der Waals surface area contributed by atoms with Gasteiger partial charge in [0.2, 0.25) is 0 Å². The van der Waals surface area contributed by atoms with Crippen LogP contribution in [0.5, 0.6) is 5.75 Å². The fourth-order valence-corrected chi connectivity index (χ4v) is 2.97. The second-order valence-electron chi connectivity index (χ2n) is 4.32. The molecule has 5 nitrogen and oxygen atoms in total. The van der Waals surface area contributed by atoms with E-state index in [4.69, 9.17) is 0 Å². The van der Waals surface area contributed by atoms with Gasteiger partial charge in [-0.15, -0.1) is 11.3 Å². The molecular formula is C13H13N3O2S. The maximum atomic E-state index is 12.0. The number of aromatic hydroxyl groups is 1. The topological polar surface area (TPSA) is 74.2 Å². The van der Waals surface area contributed by atoms with Crippen LogP contribution >= 0.6 is 11.3 Å². The Morgan fingerprint density at radius 3 is 3.16 bits per heavy atom. The quantitative estimate of drug-likeness (QED) is 0.780. The van der Waals surface area contributed by atoms with Crippen LogP contribution in [0.3, 0.4) is 0 Å². The third-order valence-electron chi connectivity index (χ3n) is 2.93. The largest absolute Gasteiger partial charge is 0.508 e. The molecule has 0 spiro atoms. The average Bonchev–Trinajstić information content (AvgIpc) is 2.80. The number of aromatic nitrogens is 1. The van der Waals surface area contributed by atoms with Crippen LogP contribution in [0.2, 0.25) is 0 Å². The summed E-state index contributed by atoms with van der Waals surface area (Å²) in [6.45, 7) is 1.74. The smallest absolute Gasteiger partial charge is 0.257 e. The van der Waals surface area contributed by atoms with Crippen molar-refractivity contribution in [1.82, 2.24) is 10.3 Å². The van der Waals surface area contributed by atoms with Crippen molar-refractivity contribution in [2.75, 3.05) is 11.9 Å². The van der Waals surface area contributed by atoms with E-state index in [1.165, 1.54) is 28.3 Å². The molecule has 2 heterocycles. The van der Waals surface area contributed by atoms with Gasteiger partial charge in [0.05, 0.1) is 5.69 Å². The van der Waals surface area contributed by atoms with E-state index in [1.807, 2.05) is 0 Å². The number of nitrogens with zero attached hydrogens (tertiary/aromatic N) is 1. The van der Waals surface area contributed by atoms with Crippen molar-refractivity contribution in [3.05, 3.63) is 40.4 Å². The van der Waals surface area contributed by atoms with Gasteiger partial charge in [0.1, 0.15) is 5.75 Å². The van der Waals surface area contributed by atoms with Crippen molar-refractivity contribution in [2.24, 2.45) is 0 Å². The molecule has 1 aliphatic heterocycles. The molecule has 0 aliphatic carbocycles. The maximum Gasteiger partial charge on any atom is 0.257 e. The van der Waals surface area contributed by atoms with Gasteiger partial charge in [0.25, 0.3) is 5.91 Å². The Morgan fingerprint density at radius 1 is 1.47 bits per heavy atom. The number of anilines is 1. The number of rotatable bonds is 2. The van der Waals surface area contributed by atoms with Gasteiger partial charge in [0, 0.05) is 30.0 Å². The molecule has 0 saturated heterocycles. The molecule has 3 N–H and O–H groups in total. The van der Waals surface area contributed by atoms with Gasteiger partial charge in [-0.05, 0) is 18.2 Å². The molecule has 6 heteroatoms. The summed E-state index contributed by atoms with van der Waals surface area (Å²) in [5.74, 6) is -0.176. The molecule has 1 amide bonds. The molecule has 0 unspecified atom stereocenters. The second kappa shape index (κ2) is 4.99. The lowest BCUT2D eigenvalue weighted by molar-refractivity contribution is 0.102. The molecule has 0 atom stereocenters. The number of fused-ring (bicyclic) bond motifs is 1. The first-order valence-electron chi connectivity index (χ1n) is 6.02. The summed E-state index contributed by atoms with van der Waals surface area (Å²) in [7, 11) is 0. The summed E-state index contributed by atoms with van der Waals surface area (Å²) < 4.78 is 0. The highest BCUT2D eigenvalue weighted by Crippen LogP contribution is 2.25. The van der Waals surface area contributed by atoms with Crippen LogP contribution < -0.4 is 10.6 Å². The summed E-state index contributed by atoms with van der Waals surface area (Å²) in [4.78, 5) is 17.6. The number of benzene rings is 1. The highest BCUT2D eigenvalue weighted by molar-refractivity contribution is 7.15. The van der Waals surface area contributed by atoms with E-state index < -0.39 is 0 Å². The normalized spacial score (nSPS) is 13.9. The van der Waals surface area contributed by atoms with Gasteiger partial charge in [-0.25, -0.2) is 4.98 Å². The van der Waals surface area contributed by atoms with Crippen molar-refractivity contribution < 1.29 is 9.90 Å². The van der Waals surface area contributed by atoms with E-state index in [0.29, 0.717) is 10.7 Å². The molecule has 1 aliphatic rings. The summed E-state index contributed by atoms with van der Waals surface area (Å²) >= 11 is 1.49. The lowest BCUT2D eigenvalue weighted by atomic mass is 10.2. The predicted molar refractivity (Wildman–Crippen MR) is 73.6 cm³/mol. The first-order valence-corrected chi connectivity index (χ1v) is 6.84. The van der Waals surface area contributed by atoms with E-state index in [-0.39, 0.29) is 11.7 Å². The van der Waals surface area contributed by atoms with Crippen molar-refractivity contribution >= 4 is 22.4 Å². The SMILES string of the molecule is O=C(Nc1nc2c(s1)CNCC2)c1cccc(O)c1. The van der Waals surface area contributed by atoms with Crippen LogP contribution in [0, 0.1) is 0 Å². The fraction of sp³-hybridized carbons (Fsp3) is 0.231. The molecule has 98 valence electrons. The number of carbonyl (C=O) groups is 1. The summed E-state index contributed by atoms with van der Waals surface area (Å²) in [6, 6.07) is 6.26. The highest BCUT2D eigenvalue weighted by Gasteiger charge is 2.16. The zero-order chi connectivity index (χ0) is 13.2. The van der Waals surface area contributed by atoms with E-state index >= 15 is 0 Å². The Morgan fingerprint density at radius 2 is 2.37 bits per heavy atom. The number of hydrogen-bond donors (Lipinski definition) is 3. The van der Waals surface area contributed by atoms with Crippen LogP contribution in [-0.2, 0) is 13.0 Å². The second-order valence-corrected chi connectivity index (χ2v) is 5.40. The average molecular weight is 275 g/mol. The number of carbonyl (C=O) groups excluding carboxylic acids is 1. The molecule has 0 bridgehead atoms. The van der Waals surface area contributed by atoms with Crippen LogP contribution in [-0.4, -0.2) is 22.5 Å². The Bertz CT molecular complexity index is 601. The zero-order valence-corrected chi connectivity index (χ0v) is 11.0. The molecule has 1 aromatic heterocycles. The molecule has 3 rings (SSSR count). The summed E-state index contributed by atoms with van der Waals surface area (Å²) in [6.07, 6.45) is 0.897. The molecule has 2 aromatic rings. The standard InChI is InChI=1S/C13H13N3O2S/c17-9-3-1-2-8(6-9)12(18)16-13-15-10-4-5-14-7-11(10)19-13/h1-3,6,14,17H,4-5,7H2,(H,15,16,18). The predicted octanol–water partition coefficient (Wildman–Crippen LogP) is 1.75. The molecule has 0 fully saturated rings. The minimum Gasteiger partial charge on any atom is -0.508 e. The first kappa shape index (κ1) is 12.1. The number of thiazole rings is 1. The van der Waals surface area contributed by atoms with Crippen molar-refractivity contribution in [3.8, 4) is 5.75 Å². The van der Waals surface area contributed by atoms with Crippen LogP contribution in [0.1, 0.15) is 20.9 Å². The third kappa shape index (κ3) is 2.59. The van der Waals surface area contributed by atoms with Gasteiger partial charge in [0.15, 0.2) is 5.13 Å². The fourth-order valence-electron chi connectivity index (χ4n) is 2.00. The van der Waals surface area contributed by atoms with Crippen LogP contribution in [0.4, 0.5) is 5.13 Å². The number of phenolic OH excluding ortho intramolecular Hbond substituents is 1. The minimum absolute atomic E-state index is 0.0790. The van der Waals surface area contributed by atoms with Crippen molar-refractivity contribution in [1.29, 1.82) is 0 Å². The van der Waals surface area contributed by atoms with E-state index in [0.717, 1.165) is 25.2 Å². The number of nitrogens with one attached hydrogen (secondary N) is 2. The monoisotopic (exact) mass is 275 g/mol. The highest BCUT2D eigenvalue weighted by atomic mass is 32.1. The van der Waals surface area contributed by atoms with Gasteiger partial charge in [-0.2, -0.15) is 0 Å². The maximum absolute atomic E-state index is 12.0. The van der Waals surface area contributed by atoms with E-state index in [2.05, 4.69) is 15.6 Å². The third-order valence-corrected chi connectivity index (χ3v) is 3.94. The summed E-state index contributed by atoms with van der Waals surface area (Å²) in [5.41, 5.74) is 1.49. The number of amides is 1. The Hall–Kier alpha value is -1.92. The Balaban J connectivity index is 1.77. The van der Waals surface area contributed by atoms with Gasteiger partial charge < -0.3 is 10.4 Å². The van der Waals surface area contributed by atoms with Gasteiger partial charge in [-0.1, -0.05) is 6.07 Å². The number of phenols is 1. The first-order chi connectivity index (χ1) is 9.22. The lowest BCUT2D eigenvalue weighted by Crippen LogP contribution is -2.22. The van der Waals surface area contributed by atoms with Crippen molar-refractivity contribution in [3.63, 3.8) is 0 Å². The number of hydrogen-bond acceptors (Lipinski definition) is 5. The summed E-state index contributed by atoms with van der Waals surface area (Å²) in [5, 5.41) is 16.0. The van der Waals surface area contributed by atoms with Crippen LogP contribution in [0.15, 0.2) is 24.3 Å².